The monoisotopic (exact) mass is 409 g/mol. The van der Waals surface area contributed by atoms with Crippen LogP contribution in [0.25, 0.3) is 39.3 Å². The number of ether oxygens (including phenoxy) is 1. The second-order valence-electron chi connectivity index (χ2n) is 7.25. The molecule has 0 N–H and O–H groups in total. The average Bonchev–Trinajstić information content (AvgIpc) is 3.30. The van der Waals surface area contributed by atoms with Crippen molar-refractivity contribution in [1.29, 1.82) is 0 Å². The zero-order valence-electron chi connectivity index (χ0n) is 17.1. The van der Waals surface area contributed by atoms with Crippen LogP contribution in [0.3, 0.4) is 0 Å². The number of hydrogen-bond donors (Lipinski definition) is 0. The third-order valence-electron chi connectivity index (χ3n) is 5.24. The van der Waals surface area contributed by atoms with Crippen molar-refractivity contribution in [2.45, 2.75) is 6.92 Å². The van der Waals surface area contributed by atoms with E-state index in [9.17, 15) is 4.79 Å². The van der Waals surface area contributed by atoms with Gasteiger partial charge in [0.2, 0.25) is 5.82 Å². The van der Waals surface area contributed by atoms with Crippen molar-refractivity contribution in [2.75, 3.05) is 7.11 Å². The Kier molecular flexibility index (Phi) is 4.59. The maximum absolute atomic E-state index is 13.2. The van der Waals surface area contributed by atoms with E-state index in [0.717, 1.165) is 28.0 Å². The Labute approximate surface area is 178 Å². The van der Waals surface area contributed by atoms with E-state index in [4.69, 9.17) is 9.26 Å². The first-order valence-electron chi connectivity index (χ1n) is 9.84. The van der Waals surface area contributed by atoms with Gasteiger partial charge < -0.3 is 9.26 Å². The molecule has 0 saturated carbocycles. The van der Waals surface area contributed by atoms with E-state index in [1.165, 1.54) is 0 Å². The van der Waals surface area contributed by atoms with Gasteiger partial charge >= 0.3 is 0 Å². The molecule has 31 heavy (non-hydrogen) atoms. The zero-order valence-corrected chi connectivity index (χ0v) is 17.1. The highest BCUT2D eigenvalue weighted by Crippen LogP contribution is 2.29. The zero-order chi connectivity index (χ0) is 21.4. The molecule has 0 fully saturated rings. The lowest BCUT2D eigenvalue weighted by Crippen LogP contribution is -2.18. The molecule has 0 aliphatic rings. The van der Waals surface area contributed by atoms with Crippen LogP contribution in [0.5, 0.6) is 5.75 Å². The predicted octanol–water partition coefficient (Wildman–Crippen LogP) is 5.02. The van der Waals surface area contributed by atoms with Crippen LogP contribution < -0.4 is 10.3 Å². The van der Waals surface area contributed by atoms with Gasteiger partial charge in [-0.25, -0.2) is 0 Å². The molecule has 0 radical (unpaired) electrons. The lowest BCUT2D eigenvalue weighted by molar-refractivity contribution is 0.414. The minimum atomic E-state index is -0.122. The second kappa shape index (κ2) is 7.57. The first-order chi connectivity index (χ1) is 15.1. The average molecular weight is 409 g/mol. The van der Waals surface area contributed by atoms with Crippen molar-refractivity contribution in [2.24, 2.45) is 0 Å². The van der Waals surface area contributed by atoms with Gasteiger partial charge in [0.1, 0.15) is 5.75 Å². The SMILES string of the molecule is COc1ccc(-n2cc(-c3nc(-c4ccc(C)cc4)no3)c3ccccc3c2=O)cc1. The highest BCUT2D eigenvalue weighted by molar-refractivity contribution is 5.94. The number of nitrogens with zero attached hydrogens (tertiary/aromatic N) is 3. The molecule has 2 heterocycles. The molecule has 0 bridgehead atoms. The Bertz CT molecular complexity index is 1430. The van der Waals surface area contributed by atoms with Crippen LogP contribution in [0.4, 0.5) is 0 Å². The van der Waals surface area contributed by atoms with Gasteiger partial charge in [0.25, 0.3) is 11.4 Å². The fraction of sp³-hybridized carbons (Fsp3) is 0.0800. The van der Waals surface area contributed by atoms with Crippen LogP contribution in [0.15, 0.2) is 88.3 Å². The Morgan fingerprint density at radius 1 is 0.903 bits per heavy atom. The largest absolute Gasteiger partial charge is 0.497 e. The molecule has 152 valence electrons. The fourth-order valence-electron chi connectivity index (χ4n) is 3.55. The van der Waals surface area contributed by atoms with Gasteiger partial charge in [-0.2, -0.15) is 4.98 Å². The minimum absolute atomic E-state index is 0.122. The van der Waals surface area contributed by atoms with Crippen molar-refractivity contribution < 1.29 is 9.26 Å². The number of benzene rings is 3. The molecule has 0 unspecified atom stereocenters. The third kappa shape index (κ3) is 3.38. The maximum Gasteiger partial charge on any atom is 0.262 e. The van der Waals surface area contributed by atoms with Crippen LogP contribution in [-0.2, 0) is 0 Å². The molecule has 0 aliphatic heterocycles. The molecule has 0 spiro atoms. The van der Waals surface area contributed by atoms with E-state index >= 15 is 0 Å². The van der Waals surface area contributed by atoms with Crippen LogP contribution in [0.1, 0.15) is 5.56 Å². The predicted molar refractivity (Wildman–Crippen MR) is 120 cm³/mol. The molecule has 0 saturated heterocycles. The molecule has 0 amide bonds. The number of rotatable bonds is 4. The Morgan fingerprint density at radius 3 is 2.32 bits per heavy atom. The number of fused-ring (bicyclic) bond motifs is 1. The number of aryl methyl sites for hydroxylation is 1. The van der Waals surface area contributed by atoms with E-state index in [1.54, 1.807) is 23.9 Å². The van der Waals surface area contributed by atoms with Gasteiger partial charge in [0, 0.05) is 28.2 Å². The fourth-order valence-corrected chi connectivity index (χ4v) is 3.55. The van der Waals surface area contributed by atoms with E-state index < -0.39 is 0 Å². The standard InChI is InChI=1S/C25H19N3O3/c1-16-7-9-17(10-8-16)23-26-24(31-27-23)22-15-28(18-11-13-19(30-2)14-12-18)25(29)21-6-4-3-5-20(21)22/h3-15H,1-2H3. The summed E-state index contributed by atoms with van der Waals surface area (Å²) in [4.78, 5) is 17.8. The van der Waals surface area contributed by atoms with Crippen LogP contribution >= 0.6 is 0 Å². The first-order valence-corrected chi connectivity index (χ1v) is 9.84. The van der Waals surface area contributed by atoms with Crippen LogP contribution in [0, 0.1) is 6.92 Å². The third-order valence-corrected chi connectivity index (χ3v) is 5.24. The summed E-state index contributed by atoms with van der Waals surface area (Å²) >= 11 is 0. The normalized spacial score (nSPS) is 11.0. The van der Waals surface area contributed by atoms with E-state index in [1.807, 2.05) is 73.7 Å². The summed E-state index contributed by atoms with van der Waals surface area (Å²) < 4.78 is 12.4. The van der Waals surface area contributed by atoms with Gasteiger partial charge in [-0.15, -0.1) is 0 Å². The van der Waals surface area contributed by atoms with E-state index in [-0.39, 0.29) is 5.56 Å². The Morgan fingerprint density at radius 2 is 1.61 bits per heavy atom. The molecule has 6 heteroatoms. The molecule has 5 aromatic rings. The molecule has 0 atom stereocenters. The Balaban J connectivity index is 1.69. The summed E-state index contributed by atoms with van der Waals surface area (Å²) in [6, 6.07) is 22.7. The maximum atomic E-state index is 13.2. The van der Waals surface area contributed by atoms with Gasteiger partial charge in [-0.3, -0.25) is 9.36 Å². The number of hydrogen-bond acceptors (Lipinski definition) is 5. The quantitative estimate of drug-likeness (QED) is 0.417. The highest BCUT2D eigenvalue weighted by atomic mass is 16.5. The van der Waals surface area contributed by atoms with Gasteiger partial charge in [-0.1, -0.05) is 53.2 Å². The van der Waals surface area contributed by atoms with Crippen LogP contribution in [-0.4, -0.2) is 21.8 Å². The van der Waals surface area contributed by atoms with Crippen LogP contribution in [0.2, 0.25) is 0 Å². The van der Waals surface area contributed by atoms with Crippen molar-refractivity contribution in [1.82, 2.24) is 14.7 Å². The highest BCUT2D eigenvalue weighted by Gasteiger charge is 2.17. The van der Waals surface area contributed by atoms with Crippen molar-refractivity contribution in [3.05, 3.63) is 94.9 Å². The van der Waals surface area contributed by atoms with Gasteiger partial charge in [-0.05, 0) is 37.3 Å². The summed E-state index contributed by atoms with van der Waals surface area (Å²) in [6.45, 7) is 2.03. The summed E-state index contributed by atoms with van der Waals surface area (Å²) in [5.41, 5.74) is 3.31. The number of aromatic nitrogens is 3. The number of pyridine rings is 1. The van der Waals surface area contributed by atoms with E-state index in [0.29, 0.717) is 22.7 Å². The molecule has 5 rings (SSSR count). The smallest absolute Gasteiger partial charge is 0.262 e. The van der Waals surface area contributed by atoms with Crippen molar-refractivity contribution >= 4 is 10.8 Å². The van der Waals surface area contributed by atoms with Crippen molar-refractivity contribution in [3.8, 4) is 34.3 Å². The summed E-state index contributed by atoms with van der Waals surface area (Å²) in [5.74, 6) is 1.58. The molecule has 3 aromatic carbocycles. The summed E-state index contributed by atoms with van der Waals surface area (Å²) in [7, 11) is 1.61. The first kappa shape index (κ1) is 18.8. The summed E-state index contributed by atoms with van der Waals surface area (Å²) in [6.07, 6.45) is 1.75. The lowest BCUT2D eigenvalue weighted by atomic mass is 10.1. The molecular formula is C25H19N3O3. The number of methoxy groups -OCH3 is 1. The van der Waals surface area contributed by atoms with Gasteiger partial charge in [0.05, 0.1) is 12.7 Å². The van der Waals surface area contributed by atoms with Gasteiger partial charge in [0.15, 0.2) is 0 Å². The molecule has 0 aliphatic carbocycles. The minimum Gasteiger partial charge on any atom is -0.497 e. The van der Waals surface area contributed by atoms with Crippen molar-refractivity contribution in [3.63, 3.8) is 0 Å². The molecule has 2 aromatic heterocycles. The second-order valence-corrected chi connectivity index (χ2v) is 7.25. The molecular weight excluding hydrogens is 390 g/mol. The molecule has 6 nitrogen and oxygen atoms in total. The Hall–Kier alpha value is -4.19. The topological polar surface area (TPSA) is 70.2 Å². The lowest BCUT2D eigenvalue weighted by Gasteiger charge is -2.11. The van der Waals surface area contributed by atoms with E-state index in [2.05, 4.69) is 10.1 Å². The summed E-state index contributed by atoms with van der Waals surface area (Å²) in [5, 5.41) is 5.49.